The van der Waals surface area contributed by atoms with Crippen LogP contribution >= 0.6 is 0 Å². The molecule has 108 valence electrons. The van der Waals surface area contributed by atoms with E-state index in [-0.39, 0.29) is 17.8 Å². The van der Waals surface area contributed by atoms with Crippen LogP contribution in [0.4, 0.5) is 5.69 Å². The number of Topliss-reactive ketones (excluding diaryl/α,β-unsaturated/α-hetero) is 1. The van der Waals surface area contributed by atoms with Gasteiger partial charge in [-0.2, -0.15) is 0 Å². The first kappa shape index (κ1) is 14.8. The van der Waals surface area contributed by atoms with Gasteiger partial charge in [0.05, 0.1) is 18.7 Å². The molecule has 21 heavy (non-hydrogen) atoms. The number of anilines is 1. The maximum atomic E-state index is 12.2. The summed E-state index contributed by atoms with van der Waals surface area (Å²) >= 11 is 0. The molecule has 0 aromatic heterocycles. The molecule has 0 aliphatic rings. The van der Waals surface area contributed by atoms with E-state index in [1.807, 2.05) is 25.1 Å². The normalized spacial score (nSPS) is 11.5. The zero-order valence-corrected chi connectivity index (χ0v) is 12.0. The van der Waals surface area contributed by atoms with Gasteiger partial charge in [-0.15, -0.1) is 0 Å². The molecule has 1 N–H and O–H groups in total. The summed E-state index contributed by atoms with van der Waals surface area (Å²) in [4.78, 5) is 23.6. The van der Waals surface area contributed by atoms with E-state index in [0.29, 0.717) is 11.1 Å². The molecule has 0 heterocycles. The maximum absolute atomic E-state index is 12.2. The van der Waals surface area contributed by atoms with E-state index in [2.05, 4.69) is 10.1 Å². The van der Waals surface area contributed by atoms with E-state index in [1.54, 1.807) is 36.4 Å². The number of methoxy groups -OCH3 is 1. The second-order valence-electron chi connectivity index (χ2n) is 4.67. The van der Waals surface area contributed by atoms with Crippen LogP contribution in [-0.4, -0.2) is 24.9 Å². The molecule has 2 rings (SSSR count). The first-order valence-corrected chi connectivity index (χ1v) is 6.66. The van der Waals surface area contributed by atoms with Crippen LogP contribution in [0.2, 0.25) is 0 Å². The number of ether oxygens (including phenoxy) is 1. The second kappa shape index (κ2) is 6.70. The van der Waals surface area contributed by atoms with Crippen LogP contribution in [0.1, 0.15) is 27.6 Å². The van der Waals surface area contributed by atoms with Gasteiger partial charge in [-0.1, -0.05) is 30.3 Å². The molecule has 0 radical (unpaired) electrons. The molecule has 2 aromatic rings. The summed E-state index contributed by atoms with van der Waals surface area (Å²) in [5, 5.41) is 3.12. The minimum absolute atomic E-state index is 0.0210. The molecule has 0 spiro atoms. The molecule has 0 saturated carbocycles. The Balaban J connectivity index is 2.04. The SMILES string of the molecule is COC(=O)c1ccc(N[C@H](C)C(=O)c2ccccc2)cc1. The molecule has 0 unspecified atom stereocenters. The van der Waals surface area contributed by atoms with E-state index in [0.717, 1.165) is 5.69 Å². The van der Waals surface area contributed by atoms with Gasteiger partial charge in [0.2, 0.25) is 0 Å². The van der Waals surface area contributed by atoms with E-state index >= 15 is 0 Å². The number of carbonyl (C=O) groups excluding carboxylic acids is 2. The van der Waals surface area contributed by atoms with Crippen molar-refractivity contribution in [3.8, 4) is 0 Å². The Hall–Kier alpha value is -2.62. The molecule has 0 amide bonds. The van der Waals surface area contributed by atoms with Crippen LogP contribution in [0.25, 0.3) is 0 Å². The summed E-state index contributed by atoms with van der Waals surface area (Å²) in [5.41, 5.74) is 1.92. The van der Waals surface area contributed by atoms with Crippen LogP contribution < -0.4 is 5.32 Å². The quantitative estimate of drug-likeness (QED) is 0.676. The van der Waals surface area contributed by atoms with Crippen LogP contribution in [0.15, 0.2) is 54.6 Å². The molecule has 0 bridgehead atoms. The Morgan fingerprint density at radius 1 is 0.952 bits per heavy atom. The van der Waals surface area contributed by atoms with Crippen molar-refractivity contribution in [1.29, 1.82) is 0 Å². The third-order valence-electron chi connectivity index (χ3n) is 3.14. The van der Waals surface area contributed by atoms with Crippen molar-refractivity contribution in [2.24, 2.45) is 0 Å². The van der Waals surface area contributed by atoms with Crippen LogP contribution in [-0.2, 0) is 4.74 Å². The van der Waals surface area contributed by atoms with Gasteiger partial charge in [-0.05, 0) is 31.2 Å². The van der Waals surface area contributed by atoms with Crippen molar-refractivity contribution in [2.75, 3.05) is 12.4 Å². The lowest BCUT2D eigenvalue weighted by molar-refractivity contribution is 0.0600. The fraction of sp³-hybridized carbons (Fsp3) is 0.176. The average Bonchev–Trinajstić information content (AvgIpc) is 2.55. The molecule has 4 heteroatoms. The zero-order valence-electron chi connectivity index (χ0n) is 12.0. The Bertz CT molecular complexity index is 620. The predicted molar refractivity (Wildman–Crippen MR) is 81.6 cm³/mol. The van der Waals surface area contributed by atoms with E-state index in [9.17, 15) is 9.59 Å². The first-order valence-electron chi connectivity index (χ1n) is 6.66. The van der Waals surface area contributed by atoms with Crippen LogP contribution in [0, 0.1) is 0 Å². The fourth-order valence-electron chi connectivity index (χ4n) is 1.99. The van der Waals surface area contributed by atoms with Crippen molar-refractivity contribution >= 4 is 17.4 Å². The summed E-state index contributed by atoms with van der Waals surface area (Å²) in [6.07, 6.45) is 0. The van der Waals surface area contributed by atoms with Crippen molar-refractivity contribution in [1.82, 2.24) is 0 Å². The Kier molecular flexibility index (Phi) is 4.72. The van der Waals surface area contributed by atoms with Gasteiger partial charge in [0, 0.05) is 11.3 Å². The minimum Gasteiger partial charge on any atom is -0.465 e. The van der Waals surface area contributed by atoms with Gasteiger partial charge in [-0.3, -0.25) is 4.79 Å². The monoisotopic (exact) mass is 283 g/mol. The molecule has 0 aliphatic carbocycles. The molecule has 0 aliphatic heterocycles. The summed E-state index contributed by atoms with van der Waals surface area (Å²) in [6.45, 7) is 1.81. The number of rotatable bonds is 5. The second-order valence-corrected chi connectivity index (χ2v) is 4.67. The smallest absolute Gasteiger partial charge is 0.337 e. The molecule has 2 aromatic carbocycles. The molecular formula is C17H17NO3. The summed E-state index contributed by atoms with van der Waals surface area (Å²) in [6, 6.07) is 15.6. The number of esters is 1. The van der Waals surface area contributed by atoms with Crippen molar-refractivity contribution in [3.05, 3.63) is 65.7 Å². The van der Waals surface area contributed by atoms with Gasteiger partial charge in [-0.25, -0.2) is 4.79 Å². The Morgan fingerprint density at radius 3 is 2.14 bits per heavy atom. The minimum atomic E-state index is -0.380. The highest BCUT2D eigenvalue weighted by molar-refractivity contribution is 6.01. The van der Waals surface area contributed by atoms with Gasteiger partial charge >= 0.3 is 5.97 Å². The number of hydrogen-bond acceptors (Lipinski definition) is 4. The van der Waals surface area contributed by atoms with Gasteiger partial charge < -0.3 is 10.1 Å². The van der Waals surface area contributed by atoms with Crippen LogP contribution in [0.3, 0.4) is 0 Å². The highest BCUT2D eigenvalue weighted by Crippen LogP contribution is 2.13. The first-order chi connectivity index (χ1) is 10.1. The lowest BCUT2D eigenvalue weighted by Gasteiger charge is -2.14. The van der Waals surface area contributed by atoms with E-state index in [4.69, 9.17) is 0 Å². The lowest BCUT2D eigenvalue weighted by atomic mass is 10.1. The fourth-order valence-corrected chi connectivity index (χ4v) is 1.99. The highest BCUT2D eigenvalue weighted by atomic mass is 16.5. The number of benzene rings is 2. The molecule has 0 saturated heterocycles. The molecule has 1 atom stereocenters. The predicted octanol–water partition coefficient (Wildman–Crippen LogP) is 3.16. The summed E-state index contributed by atoms with van der Waals surface area (Å²) < 4.78 is 4.64. The largest absolute Gasteiger partial charge is 0.465 e. The Labute approximate surface area is 123 Å². The maximum Gasteiger partial charge on any atom is 0.337 e. The van der Waals surface area contributed by atoms with E-state index in [1.165, 1.54) is 7.11 Å². The average molecular weight is 283 g/mol. The number of nitrogens with one attached hydrogen (secondary N) is 1. The van der Waals surface area contributed by atoms with Crippen LogP contribution in [0.5, 0.6) is 0 Å². The molecule has 4 nitrogen and oxygen atoms in total. The van der Waals surface area contributed by atoms with Crippen molar-refractivity contribution in [3.63, 3.8) is 0 Å². The van der Waals surface area contributed by atoms with Crippen molar-refractivity contribution in [2.45, 2.75) is 13.0 Å². The standard InChI is InChI=1S/C17H17NO3/c1-12(16(19)13-6-4-3-5-7-13)18-15-10-8-14(9-11-15)17(20)21-2/h3-12,18H,1-2H3/t12-/m1/s1. The van der Waals surface area contributed by atoms with E-state index < -0.39 is 0 Å². The molecular weight excluding hydrogens is 266 g/mol. The topological polar surface area (TPSA) is 55.4 Å². The summed E-state index contributed by atoms with van der Waals surface area (Å²) in [7, 11) is 1.34. The van der Waals surface area contributed by atoms with Gasteiger partial charge in [0.1, 0.15) is 0 Å². The third-order valence-corrected chi connectivity index (χ3v) is 3.14. The number of carbonyl (C=O) groups is 2. The zero-order chi connectivity index (χ0) is 15.2. The molecule has 0 fully saturated rings. The van der Waals surface area contributed by atoms with Gasteiger partial charge in [0.15, 0.2) is 5.78 Å². The summed E-state index contributed by atoms with van der Waals surface area (Å²) in [5.74, 6) is -0.359. The Morgan fingerprint density at radius 2 is 1.57 bits per heavy atom. The number of ketones is 1. The number of hydrogen-bond donors (Lipinski definition) is 1. The van der Waals surface area contributed by atoms with Crippen molar-refractivity contribution < 1.29 is 14.3 Å². The third kappa shape index (κ3) is 3.69. The van der Waals surface area contributed by atoms with Gasteiger partial charge in [0.25, 0.3) is 0 Å². The highest BCUT2D eigenvalue weighted by Gasteiger charge is 2.14. The lowest BCUT2D eigenvalue weighted by Crippen LogP contribution is -2.26.